The Morgan fingerprint density at radius 3 is 2.82 bits per heavy atom. The molecule has 3 nitrogen and oxygen atoms in total. The number of ether oxygens (including phenoxy) is 1. The predicted octanol–water partition coefficient (Wildman–Crippen LogP) is 2.56. The molecule has 0 radical (unpaired) electrons. The molecule has 0 saturated carbocycles. The van der Waals surface area contributed by atoms with Crippen LogP contribution in [0.2, 0.25) is 0 Å². The van der Waals surface area contributed by atoms with E-state index in [-0.39, 0.29) is 6.10 Å². The third-order valence-corrected chi connectivity index (χ3v) is 3.31. The SMILES string of the molecule is Cc1cc([C@H]2CN(C(C)C)C[C@@H](C)O2)ccn1. The lowest BCUT2D eigenvalue weighted by molar-refractivity contribution is -0.0871. The normalized spacial score (nSPS) is 26.4. The number of hydrogen-bond donors (Lipinski definition) is 0. The van der Waals surface area contributed by atoms with E-state index in [0.717, 1.165) is 18.8 Å². The Labute approximate surface area is 104 Å². The van der Waals surface area contributed by atoms with Crippen molar-refractivity contribution >= 4 is 0 Å². The van der Waals surface area contributed by atoms with E-state index in [1.54, 1.807) is 0 Å². The summed E-state index contributed by atoms with van der Waals surface area (Å²) >= 11 is 0. The van der Waals surface area contributed by atoms with Crippen LogP contribution >= 0.6 is 0 Å². The Morgan fingerprint density at radius 2 is 2.18 bits per heavy atom. The number of rotatable bonds is 2. The zero-order valence-electron chi connectivity index (χ0n) is 11.2. The number of morpholine rings is 1. The van der Waals surface area contributed by atoms with Crippen LogP contribution in [-0.2, 0) is 4.74 Å². The summed E-state index contributed by atoms with van der Waals surface area (Å²) in [5, 5.41) is 0. The van der Waals surface area contributed by atoms with E-state index in [4.69, 9.17) is 4.74 Å². The van der Waals surface area contributed by atoms with E-state index in [2.05, 4.69) is 42.8 Å². The molecule has 1 aromatic rings. The lowest BCUT2D eigenvalue weighted by Gasteiger charge is -2.39. The molecule has 1 fully saturated rings. The molecule has 3 heteroatoms. The van der Waals surface area contributed by atoms with Crippen LogP contribution in [-0.4, -0.2) is 35.1 Å². The second-order valence-electron chi connectivity index (χ2n) is 5.21. The molecule has 1 aliphatic heterocycles. The topological polar surface area (TPSA) is 25.4 Å². The van der Waals surface area contributed by atoms with Gasteiger partial charge in [0.2, 0.25) is 0 Å². The Hall–Kier alpha value is -0.930. The third kappa shape index (κ3) is 3.05. The summed E-state index contributed by atoms with van der Waals surface area (Å²) in [5.41, 5.74) is 2.30. The molecule has 94 valence electrons. The van der Waals surface area contributed by atoms with Crippen molar-refractivity contribution < 1.29 is 4.74 Å². The molecule has 1 aromatic heterocycles. The average Bonchev–Trinajstić information content (AvgIpc) is 2.28. The monoisotopic (exact) mass is 234 g/mol. The van der Waals surface area contributed by atoms with Crippen LogP contribution in [0.15, 0.2) is 18.3 Å². The van der Waals surface area contributed by atoms with Gasteiger partial charge in [-0.2, -0.15) is 0 Å². The largest absolute Gasteiger partial charge is 0.368 e. The lowest BCUT2D eigenvalue weighted by atomic mass is 10.1. The van der Waals surface area contributed by atoms with Gasteiger partial charge in [-0.25, -0.2) is 0 Å². The fourth-order valence-electron chi connectivity index (χ4n) is 2.36. The summed E-state index contributed by atoms with van der Waals surface area (Å²) in [6.45, 7) is 10.7. The van der Waals surface area contributed by atoms with Gasteiger partial charge in [0.15, 0.2) is 0 Å². The first-order valence-corrected chi connectivity index (χ1v) is 6.38. The molecular weight excluding hydrogens is 212 g/mol. The summed E-state index contributed by atoms with van der Waals surface area (Å²) in [6.07, 6.45) is 2.35. The highest BCUT2D eigenvalue weighted by Gasteiger charge is 2.27. The quantitative estimate of drug-likeness (QED) is 0.786. The first-order chi connectivity index (χ1) is 8.06. The second kappa shape index (κ2) is 5.15. The standard InChI is InChI=1S/C14H22N2O/c1-10(2)16-8-12(4)17-14(9-16)13-5-6-15-11(3)7-13/h5-7,10,12,14H,8-9H2,1-4H3/t12-,14-/m1/s1. The molecule has 0 aromatic carbocycles. The number of aromatic nitrogens is 1. The summed E-state index contributed by atoms with van der Waals surface area (Å²) in [6, 6.07) is 4.77. The molecule has 2 atom stereocenters. The summed E-state index contributed by atoms with van der Waals surface area (Å²) in [5.74, 6) is 0. The maximum atomic E-state index is 6.04. The predicted molar refractivity (Wildman–Crippen MR) is 69.0 cm³/mol. The van der Waals surface area contributed by atoms with Gasteiger partial charge in [0, 0.05) is 31.0 Å². The van der Waals surface area contributed by atoms with Crippen LogP contribution < -0.4 is 0 Å². The molecular formula is C14H22N2O. The minimum absolute atomic E-state index is 0.183. The molecule has 1 aliphatic rings. The average molecular weight is 234 g/mol. The molecule has 0 bridgehead atoms. The molecule has 17 heavy (non-hydrogen) atoms. The van der Waals surface area contributed by atoms with Gasteiger partial charge in [0.05, 0.1) is 12.2 Å². The van der Waals surface area contributed by atoms with Gasteiger partial charge in [-0.05, 0) is 45.4 Å². The zero-order chi connectivity index (χ0) is 12.4. The van der Waals surface area contributed by atoms with E-state index in [9.17, 15) is 0 Å². The number of aryl methyl sites for hydroxylation is 1. The van der Waals surface area contributed by atoms with E-state index in [1.165, 1.54) is 5.56 Å². The van der Waals surface area contributed by atoms with Crippen molar-refractivity contribution in [3.63, 3.8) is 0 Å². The van der Waals surface area contributed by atoms with Gasteiger partial charge >= 0.3 is 0 Å². The molecule has 1 saturated heterocycles. The third-order valence-electron chi connectivity index (χ3n) is 3.31. The fraction of sp³-hybridized carbons (Fsp3) is 0.643. The van der Waals surface area contributed by atoms with Crippen molar-refractivity contribution in [2.75, 3.05) is 13.1 Å². The van der Waals surface area contributed by atoms with E-state index in [0.29, 0.717) is 12.1 Å². The molecule has 0 N–H and O–H groups in total. The van der Waals surface area contributed by atoms with Gasteiger partial charge < -0.3 is 4.74 Å². The smallest absolute Gasteiger partial charge is 0.0957 e. The molecule has 0 amide bonds. The van der Waals surface area contributed by atoms with Crippen molar-refractivity contribution in [1.29, 1.82) is 0 Å². The van der Waals surface area contributed by atoms with Crippen molar-refractivity contribution in [2.45, 2.75) is 45.9 Å². The van der Waals surface area contributed by atoms with E-state index in [1.807, 2.05) is 13.1 Å². The highest BCUT2D eigenvalue weighted by molar-refractivity contribution is 5.19. The minimum atomic E-state index is 0.183. The van der Waals surface area contributed by atoms with E-state index < -0.39 is 0 Å². The molecule has 0 spiro atoms. The van der Waals surface area contributed by atoms with Crippen molar-refractivity contribution in [3.8, 4) is 0 Å². The maximum absolute atomic E-state index is 6.04. The zero-order valence-corrected chi connectivity index (χ0v) is 11.2. The van der Waals surface area contributed by atoms with Gasteiger partial charge in [-0.15, -0.1) is 0 Å². The fourth-order valence-corrected chi connectivity index (χ4v) is 2.36. The van der Waals surface area contributed by atoms with Crippen LogP contribution in [0.3, 0.4) is 0 Å². The Kier molecular flexibility index (Phi) is 3.79. The van der Waals surface area contributed by atoms with Crippen LogP contribution in [0, 0.1) is 6.92 Å². The minimum Gasteiger partial charge on any atom is -0.368 e. The van der Waals surface area contributed by atoms with Crippen LogP contribution in [0.4, 0.5) is 0 Å². The highest BCUT2D eigenvalue weighted by Crippen LogP contribution is 2.26. The Morgan fingerprint density at radius 1 is 1.41 bits per heavy atom. The molecule has 0 unspecified atom stereocenters. The number of pyridine rings is 1. The Balaban J connectivity index is 2.15. The first kappa shape index (κ1) is 12.5. The number of hydrogen-bond acceptors (Lipinski definition) is 3. The summed E-state index contributed by atoms with van der Waals surface area (Å²) in [7, 11) is 0. The van der Waals surface area contributed by atoms with Gasteiger partial charge in [0.1, 0.15) is 0 Å². The molecule has 2 heterocycles. The van der Waals surface area contributed by atoms with Crippen molar-refractivity contribution in [2.24, 2.45) is 0 Å². The van der Waals surface area contributed by atoms with Crippen LogP contribution in [0.25, 0.3) is 0 Å². The van der Waals surface area contributed by atoms with Gasteiger partial charge in [-0.3, -0.25) is 9.88 Å². The lowest BCUT2D eigenvalue weighted by Crippen LogP contribution is -2.46. The maximum Gasteiger partial charge on any atom is 0.0957 e. The van der Waals surface area contributed by atoms with Gasteiger partial charge in [0.25, 0.3) is 0 Å². The Bertz CT molecular complexity index is 378. The summed E-state index contributed by atoms with van der Waals surface area (Å²) in [4.78, 5) is 6.72. The first-order valence-electron chi connectivity index (χ1n) is 6.38. The van der Waals surface area contributed by atoms with Crippen LogP contribution in [0.5, 0.6) is 0 Å². The summed E-state index contributed by atoms with van der Waals surface area (Å²) < 4.78 is 6.04. The molecule has 2 rings (SSSR count). The second-order valence-corrected chi connectivity index (χ2v) is 5.21. The van der Waals surface area contributed by atoms with E-state index >= 15 is 0 Å². The van der Waals surface area contributed by atoms with Crippen LogP contribution in [0.1, 0.15) is 38.1 Å². The molecule has 0 aliphatic carbocycles. The van der Waals surface area contributed by atoms with Crippen molar-refractivity contribution in [3.05, 3.63) is 29.6 Å². The number of nitrogens with zero attached hydrogens (tertiary/aromatic N) is 2. The highest BCUT2D eigenvalue weighted by atomic mass is 16.5. The van der Waals surface area contributed by atoms with Crippen molar-refractivity contribution in [1.82, 2.24) is 9.88 Å². The van der Waals surface area contributed by atoms with Gasteiger partial charge in [-0.1, -0.05) is 0 Å².